The molecular formula is C16H21N5O. The van der Waals surface area contributed by atoms with E-state index in [1.807, 2.05) is 35.2 Å². The van der Waals surface area contributed by atoms with Crippen molar-refractivity contribution in [3.63, 3.8) is 0 Å². The predicted octanol–water partition coefficient (Wildman–Crippen LogP) is 1.10. The number of benzene rings is 1. The first-order valence-corrected chi connectivity index (χ1v) is 7.72. The van der Waals surface area contributed by atoms with Crippen LogP contribution in [0.3, 0.4) is 0 Å². The number of nitrogens with zero attached hydrogens (tertiary/aromatic N) is 5. The Labute approximate surface area is 130 Å². The van der Waals surface area contributed by atoms with Crippen LogP contribution in [0.2, 0.25) is 0 Å². The first kappa shape index (κ1) is 14.7. The van der Waals surface area contributed by atoms with Crippen LogP contribution in [0.4, 0.5) is 0 Å². The molecule has 0 saturated carbocycles. The minimum Gasteiger partial charge on any atom is -0.335 e. The lowest BCUT2D eigenvalue weighted by Crippen LogP contribution is -2.48. The van der Waals surface area contributed by atoms with Gasteiger partial charge in [-0.25, -0.2) is 4.68 Å². The summed E-state index contributed by atoms with van der Waals surface area (Å²) >= 11 is 0. The molecule has 2 aromatic rings. The van der Waals surface area contributed by atoms with E-state index in [1.165, 1.54) is 0 Å². The highest BCUT2D eigenvalue weighted by Crippen LogP contribution is 2.07. The lowest BCUT2D eigenvalue weighted by atomic mass is 10.2. The van der Waals surface area contributed by atoms with Crippen LogP contribution < -0.4 is 0 Å². The lowest BCUT2D eigenvalue weighted by Gasteiger charge is -2.33. The number of carbonyl (C=O) groups is 1. The van der Waals surface area contributed by atoms with Gasteiger partial charge in [-0.1, -0.05) is 42.5 Å². The molecule has 0 atom stereocenters. The summed E-state index contributed by atoms with van der Waals surface area (Å²) in [5.74, 6) is -0.0185. The van der Waals surface area contributed by atoms with E-state index >= 15 is 0 Å². The van der Waals surface area contributed by atoms with Gasteiger partial charge < -0.3 is 9.80 Å². The van der Waals surface area contributed by atoms with Crippen molar-refractivity contribution in [2.24, 2.45) is 0 Å². The van der Waals surface area contributed by atoms with E-state index in [9.17, 15) is 4.79 Å². The summed E-state index contributed by atoms with van der Waals surface area (Å²) in [6.07, 6.45) is 1.74. The summed E-state index contributed by atoms with van der Waals surface area (Å²) < 4.78 is 1.71. The highest BCUT2D eigenvalue weighted by Gasteiger charge is 2.23. The van der Waals surface area contributed by atoms with Crippen LogP contribution in [0, 0.1) is 0 Å². The molecule has 1 aromatic carbocycles. The molecule has 1 aliphatic heterocycles. The maximum atomic E-state index is 12.5. The van der Waals surface area contributed by atoms with Crippen molar-refractivity contribution in [3.05, 3.63) is 47.8 Å². The number of likely N-dealkylation sites (N-methyl/N-ethyl adjacent to an activating group) is 1. The molecule has 1 aromatic heterocycles. The van der Waals surface area contributed by atoms with Gasteiger partial charge in [-0.2, -0.15) is 0 Å². The molecule has 2 heterocycles. The number of aromatic nitrogens is 3. The molecule has 1 aliphatic rings. The number of hydrogen-bond donors (Lipinski definition) is 0. The Morgan fingerprint density at radius 1 is 1.14 bits per heavy atom. The van der Waals surface area contributed by atoms with Crippen molar-refractivity contribution in [1.82, 2.24) is 24.8 Å². The van der Waals surface area contributed by atoms with E-state index in [0.717, 1.165) is 38.3 Å². The lowest BCUT2D eigenvalue weighted by molar-refractivity contribution is 0.0637. The standard InChI is InChI=1S/C16H21N5O/c1-2-19-8-10-20(11-9-19)16(22)15-13-21(18-17-15)12-14-6-4-3-5-7-14/h3-7,13H,2,8-12H2,1H3. The van der Waals surface area contributed by atoms with Gasteiger partial charge in [0.05, 0.1) is 12.7 Å². The molecule has 116 valence electrons. The summed E-state index contributed by atoms with van der Waals surface area (Å²) in [7, 11) is 0. The second kappa shape index (κ2) is 6.70. The summed E-state index contributed by atoms with van der Waals surface area (Å²) in [5, 5.41) is 8.10. The second-order valence-corrected chi connectivity index (χ2v) is 5.51. The number of amides is 1. The Hall–Kier alpha value is -2.21. The molecule has 0 bridgehead atoms. The summed E-state index contributed by atoms with van der Waals surface area (Å²) in [6.45, 7) is 7.20. The Kier molecular flexibility index (Phi) is 4.48. The molecule has 1 amide bonds. The third kappa shape index (κ3) is 3.33. The normalized spacial score (nSPS) is 16.0. The summed E-state index contributed by atoms with van der Waals surface area (Å²) in [4.78, 5) is 16.7. The van der Waals surface area contributed by atoms with E-state index in [2.05, 4.69) is 22.1 Å². The first-order valence-electron chi connectivity index (χ1n) is 7.72. The summed E-state index contributed by atoms with van der Waals surface area (Å²) in [6, 6.07) is 10.0. The number of hydrogen-bond acceptors (Lipinski definition) is 4. The molecular weight excluding hydrogens is 278 g/mol. The highest BCUT2D eigenvalue weighted by atomic mass is 16.2. The van der Waals surface area contributed by atoms with Gasteiger partial charge >= 0.3 is 0 Å². The Bertz CT molecular complexity index is 616. The minimum absolute atomic E-state index is 0.0185. The van der Waals surface area contributed by atoms with Gasteiger partial charge in [-0.05, 0) is 12.1 Å². The van der Waals surface area contributed by atoms with Gasteiger partial charge in [-0.3, -0.25) is 4.79 Å². The van der Waals surface area contributed by atoms with E-state index in [4.69, 9.17) is 0 Å². The van der Waals surface area contributed by atoms with Gasteiger partial charge in [0.25, 0.3) is 5.91 Å². The SMILES string of the molecule is CCN1CCN(C(=O)c2cn(Cc3ccccc3)nn2)CC1. The highest BCUT2D eigenvalue weighted by molar-refractivity contribution is 5.92. The molecule has 0 N–H and O–H groups in total. The van der Waals surface area contributed by atoms with E-state index < -0.39 is 0 Å². The number of rotatable bonds is 4. The predicted molar refractivity (Wildman–Crippen MR) is 83.6 cm³/mol. The zero-order valence-corrected chi connectivity index (χ0v) is 12.9. The zero-order valence-electron chi connectivity index (χ0n) is 12.9. The first-order chi connectivity index (χ1) is 10.8. The zero-order chi connectivity index (χ0) is 15.4. The van der Waals surface area contributed by atoms with Gasteiger partial charge in [-0.15, -0.1) is 5.10 Å². The van der Waals surface area contributed by atoms with Crippen LogP contribution in [0.15, 0.2) is 36.5 Å². The molecule has 0 aliphatic carbocycles. The van der Waals surface area contributed by atoms with Gasteiger partial charge in [0, 0.05) is 26.2 Å². The fraction of sp³-hybridized carbons (Fsp3) is 0.438. The van der Waals surface area contributed by atoms with Crippen LogP contribution in [0.5, 0.6) is 0 Å². The molecule has 1 fully saturated rings. The largest absolute Gasteiger partial charge is 0.335 e. The molecule has 0 radical (unpaired) electrons. The third-order valence-electron chi connectivity index (χ3n) is 4.05. The van der Waals surface area contributed by atoms with Crippen LogP contribution in [-0.2, 0) is 6.54 Å². The van der Waals surface area contributed by atoms with Crippen molar-refractivity contribution >= 4 is 5.91 Å². The molecule has 6 heteroatoms. The fourth-order valence-corrected chi connectivity index (χ4v) is 2.67. The van der Waals surface area contributed by atoms with Crippen LogP contribution in [-0.4, -0.2) is 63.4 Å². The maximum absolute atomic E-state index is 12.5. The third-order valence-corrected chi connectivity index (χ3v) is 4.05. The molecule has 22 heavy (non-hydrogen) atoms. The second-order valence-electron chi connectivity index (χ2n) is 5.51. The quantitative estimate of drug-likeness (QED) is 0.848. The molecule has 6 nitrogen and oxygen atoms in total. The van der Waals surface area contributed by atoms with Crippen molar-refractivity contribution < 1.29 is 4.79 Å². The van der Waals surface area contributed by atoms with Crippen molar-refractivity contribution in [2.75, 3.05) is 32.7 Å². The number of piperazine rings is 1. The van der Waals surface area contributed by atoms with Crippen molar-refractivity contribution in [3.8, 4) is 0 Å². The monoisotopic (exact) mass is 299 g/mol. The molecule has 1 saturated heterocycles. The van der Waals surface area contributed by atoms with E-state index in [-0.39, 0.29) is 5.91 Å². The molecule has 0 unspecified atom stereocenters. The van der Waals surface area contributed by atoms with Gasteiger partial charge in [0.1, 0.15) is 0 Å². The molecule has 3 rings (SSSR count). The van der Waals surface area contributed by atoms with Crippen molar-refractivity contribution in [2.45, 2.75) is 13.5 Å². The molecule has 0 spiro atoms. The van der Waals surface area contributed by atoms with Crippen LogP contribution in [0.25, 0.3) is 0 Å². The van der Waals surface area contributed by atoms with Gasteiger partial charge in [0.2, 0.25) is 0 Å². The van der Waals surface area contributed by atoms with Crippen LogP contribution >= 0.6 is 0 Å². The smallest absolute Gasteiger partial charge is 0.276 e. The topological polar surface area (TPSA) is 54.3 Å². The Balaban J connectivity index is 1.62. The Morgan fingerprint density at radius 2 is 1.86 bits per heavy atom. The van der Waals surface area contributed by atoms with Gasteiger partial charge in [0.15, 0.2) is 5.69 Å². The van der Waals surface area contributed by atoms with E-state index in [1.54, 1.807) is 10.9 Å². The fourth-order valence-electron chi connectivity index (χ4n) is 2.67. The number of carbonyl (C=O) groups excluding carboxylic acids is 1. The minimum atomic E-state index is -0.0185. The average Bonchev–Trinajstić information content (AvgIpc) is 3.04. The maximum Gasteiger partial charge on any atom is 0.276 e. The summed E-state index contributed by atoms with van der Waals surface area (Å²) in [5.41, 5.74) is 1.57. The van der Waals surface area contributed by atoms with E-state index in [0.29, 0.717) is 12.2 Å². The Morgan fingerprint density at radius 3 is 2.55 bits per heavy atom. The average molecular weight is 299 g/mol. The van der Waals surface area contributed by atoms with Crippen molar-refractivity contribution in [1.29, 1.82) is 0 Å². The van der Waals surface area contributed by atoms with Crippen LogP contribution in [0.1, 0.15) is 23.0 Å².